The summed E-state index contributed by atoms with van der Waals surface area (Å²) in [5, 5.41) is 14.0. The molecule has 1 heterocycles. The monoisotopic (exact) mass is 473 g/mol. The van der Waals surface area contributed by atoms with Crippen LogP contribution in [-0.4, -0.2) is 41.9 Å². The molecule has 184 valence electrons. The summed E-state index contributed by atoms with van der Waals surface area (Å²) in [5.41, 5.74) is 3.17. The summed E-state index contributed by atoms with van der Waals surface area (Å²) >= 11 is 0. The molecule has 2 aromatic carbocycles. The van der Waals surface area contributed by atoms with E-state index >= 15 is 0 Å². The number of aliphatic hydroxyl groups is 1. The smallest absolute Gasteiger partial charge is 0.272 e. The molecule has 0 bridgehead atoms. The predicted octanol–water partition coefficient (Wildman–Crippen LogP) is 4.30. The van der Waals surface area contributed by atoms with Gasteiger partial charge in [0.1, 0.15) is 0 Å². The van der Waals surface area contributed by atoms with E-state index in [-0.39, 0.29) is 11.8 Å². The zero-order valence-electron chi connectivity index (χ0n) is 20.4. The number of hydrogen-bond acceptors (Lipinski definition) is 4. The molecule has 1 aliphatic heterocycles. The van der Waals surface area contributed by atoms with Crippen LogP contribution in [0.4, 0.5) is 5.69 Å². The van der Waals surface area contributed by atoms with Crippen LogP contribution < -0.4 is 10.2 Å². The van der Waals surface area contributed by atoms with Crippen molar-refractivity contribution < 1.29 is 14.7 Å². The van der Waals surface area contributed by atoms with Gasteiger partial charge < -0.3 is 15.3 Å². The minimum absolute atomic E-state index is 0.267. The van der Waals surface area contributed by atoms with Crippen LogP contribution in [0.15, 0.2) is 59.6 Å². The summed E-state index contributed by atoms with van der Waals surface area (Å²) in [5.74, 6) is -0.0860. The Morgan fingerprint density at radius 3 is 2.37 bits per heavy atom. The molecule has 0 spiro atoms. The largest absolute Gasteiger partial charge is 0.392 e. The Kier molecular flexibility index (Phi) is 7.00. The molecule has 6 heteroatoms. The number of aliphatic imine (C=N–C) groups is 1. The van der Waals surface area contributed by atoms with Crippen molar-refractivity contribution >= 4 is 23.2 Å². The summed E-state index contributed by atoms with van der Waals surface area (Å²) in [7, 11) is 1.72. The SMILES string of the molecule is CN1C(=O)C(NC(=O)[C@H](CC2CC2)[C@@H](O)CC2CCCC2)N=C(c2ccccc2)c2ccccc21. The number of benzodiazepines with no additional fused rings is 1. The predicted molar refractivity (Wildman–Crippen MR) is 137 cm³/mol. The number of rotatable bonds is 8. The molecule has 6 nitrogen and oxygen atoms in total. The van der Waals surface area contributed by atoms with E-state index in [4.69, 9.17) is 4.99 Å². The number of nitrogens with one attached hydrogen (secondary N) is 1. The van der Waals surface area contributed by atoms with E-state index in [2.05, 4.69) is 5.32 Å². The minimum atomic E-state index is -1.05. The van der Waals surface area contributed by atoms with Crippen LogP contribution in [-0.2, 0) is 9.59 Å². The van der Waals surface area contributed by atoms with Crippen LogP contribution in [0.5, 0.6) is 0 Å². The van der Waals surface area contributed by atoms with Crippen LogP contribution >= 0.6 is 0 Å². The van der Waals surface area contributed by atoms with Gasteiger partial charge in [-0.05, 0) is 30.7 Å². The maximum Gasteiger partial charge on any atom is 0.272 e. The van der Waals surface area contributed by atoms with Crippen molar-refractivity contribution in [1.82, 2.24) is 5.32 Å². The molecule has 0 saturated heterocycles. The van der Waals surface area contributed by atoms with Gasteiger partial charge in [-0.15, -0.1) is 0 Å². The number of hydrogen-bond donors (Lipinski definition) is 2. The fraction of sp³-hybridized carbons (Fsp3) is 0.483. The van der Waals surface area contributed by atoms with E-state index in [1.807, 2.05) is 54.6 Å². The fourth-order valence-electron chi connectivity index (χ4n) is 5.59. The van der Waals surface area contributed by atoms with Gasteiger partial charge in [0.15, 0.2) is 0 Å². The van der Waals surface area contributed by atoms with E-state index in [0.29, 0.717) is 30.4 Å². The van der Waals surface area contributed by atoms with Crippen LogP contribution in [0.1, 0.15) is 62.5 Å². The maximum atomic E-state index is 13.6. The summed E-state index contributed by atoms with van der Waals surface area (Å²) in [4.78, 5) is 33.4. The van der Waals surface area contributed by atoms with E-state index in [1.165, 1.54) is 12.8 Å². The third-order valence-corrected chi connectivity index (χ3v) is 7.80. The molecule has 5 rings (SSSR count). The molecule has 3 atom stereocenters. The number of anilines is 1. The Morgan fingerprint density at radius 1 is 1.00 bits per heavy atom. The normalized spacial score (nSPS) is 22.2. The molecule has 2 saturated carbocycles. The number of amides is 2. The van der Waals surface area contributed by atoms with E-state index in [9.17, 15) is 14.7 Å². The Morgan fingerprint density at radius 2 is 1.66 bits per heavy atom. The van der Waals surface area contributed by atoms with Crippen LogP contribution in [0, 0.1) is 17.8 Å². The fourth-order valence-corrected chi connectivity index (χ4v) is 5.59. The molecule has 2 aliphatic carbocycles. The van der Waals surface area contributed by atoms with Gasteiger partial charge in [0, 0.05) is 18.2 Å². The van der Waals surface area contributed by atoms with Gasteiger partial charge in [-0.3, -0.25) is 9.59 Å². The standard InChI is InChI=1S/C29H35N3O3/c1-32-24-14-8-7-13-22(24)26(21-11-3-2-4-12-21)30-27(29(32)35)31-28(34)23(17-20-15-16-20)25(33)18-19-9-5-6-10-19/h2-4,7-8,11-14,19-20,23,25,27,33H,5-6,9-10,15-18H2,1H3,(H,31,34)/t23-,25+,27?/m1/s1. The second-order valence-electron chi connectivity index (χ2n) is 10.4. The quantitative estimate of drug-likeness (QED) is 0.600. The lowest BCUT2D eigenvalue weighted by molar-refractivity contribution is -0.133. The number of nitrogens with zero attached hydrogens (tertiary/aromatic N) is 2. The topological polar surface area (TPSA) is 82.0 Å². The average Bonchev–Trinajstić information content (AvgIpc) is 3.58. The average molecular weight is 474 g/mol. The van der Waals surface area contributed by atoms with Gasteiger partial charge in [0.25, 0.3) is 5.91 Å². The van der Waals surface area contributed by atoms with Gasteiger partial charge in [0.05, 0.1) is 23.4 Å². The van der Waals surface area contributed by atoms with Gasteiger partial charge in [-0.1, -0.05) is 87.1 Å². The molecule has 0 aromatic heterocycles. The molecule has 2 fully saturated rings. The Bertz CT molecular complexity index is 1090. The van der Waals surface area contributed by atoms with E-state index in [1.54, 1.807) is 11.9 Å². The lowest BCUT2D eigenvalue weighted by Crippen LogP contribution is -2.49. The second-order valence-corrected chi connectivity index (χ2v) is 10.4. The highest BCUT2D eigenvalue weighted by Crippen LogP contribution is 2.38. The first-order valence-corrected chi connectivity index (χ1v) is 13.0. The zero-order valence-corrected chi connectivity index (χ0v) is 20.4. The number of carbonyl (C=O) groups excluding carboxylic acids is 2. The highest BCUT2D eigenvalue weighted by atomic mass is 16.3. The number of fused-ring (bicyclic) bond motifs is 1. The third kappa shape index (κ3) is 5.32. The number of aliphatic hydroxyl groups excluding tert-OH is 1. The Hall–Kier alpha value is -2.99. The first kappa shape index (κ1) is 23.7. The molecule has 3 aliphatic rings. The number of likely N-dealkylation sites (N-methyl/N-ethyl adjacent to an activating group) is 1. The van der Waals surface area contributed by atoms with E-state index in [0.717, 1.165) is 42.5 Å². The third-order valence-electron chi connectivity index (χ3n) is 7.80. The number of benzene rings is 2. The van der Waals surface area contributed by atoms with Gasteiger partial charge in [0.2, 0.25) is 12.1 Å². The first-order valence-electron chi connectivity index (χ1n) is 13.0. The summed E-state index contributed by atoms with van der Waals surface area (Å²) in [6.45, 7) is 0. The van der Waals surface area contributed by atoms with Crippen molar-refractivity contribution in [1.29, 1.82) is 0 Å². The second kappa shape index (κ2) is 10.3. The number of para-hydroxylation sites is 1. The van der Waals surface area contributed by atoms with Crippen molar-refractivity contribution in [3.8, 4) is 0 Å². The Balaban J connectivity index is 1.43. The van der Waals surface area contributed by atoms with Crippen LogP contribution in [0.2, 0.25) is 0 Å². The maximum absolute atomic E-state index is 13.6. The lowest BCUT2D eigenvalue weighted by atomic mass is 9.87. The number of carbonyl (C=O) groups is 2. The molecule has 0 radical (unpaired) electrons. The molecule has 2 N–H and O–H groups in total. The summed E-state index contributed by atoms with van der Waals surface area (Å²) < 4.78 is 0. The first-order chi connectivity index (χ1) is 17.0. The van der Waals surface area contributed by atoms with Crippen molar-refractivity contribution in [2.24, 2.45) is 22.7 Å². The van der Waals surface area contributed by atoms with Crippen molar-refractivity contribution in [3.05, 3.63) is 65.7 Å². The minimum Gasteiger partial charge on any atom is -0.392 e. The summed E-state index contributed by atoms with van der Waals surface area (Å²) in [6, 6.07) is 17.4. The van der Waals surface area contributed by atoms with Gasteiger partial charge >= 0.3 is 0 Å². The highest BCUT2D eigenvalue weighted by Gasteiger charge is 2.38. The highest BCUT2D eigenvalue weighted by molar-refractivity contribution is 6.20. The van der Waals surface area contributed by atoms with Crippen molar-refractivity contribution in [3.63, 3.8) is 0 Å². The molecule has 1 unspecified atom stereocenters. The van der Waals surface area contributed by atoms with Gasteiger partial charge in [-0.25, -0.2) is 4.99 Å². The lowest BCUT2D eigenvalue weighted by Gasteiger charge is -2.27. The molecule has 35 heavy (non-hydrogen) atoms. The van der Waals surface area contributed by atoms with E-state index < -0.39 is 18.2 Å². The van der Waals surface area contributed by atoms with Crippen LogP contribution in [0.3, 0.4) is 0 Å². The zero-order chi connectivity index (χ0) is 24.4. The molecule has 2 amide bonds. The van der Waals surface area contributed by atoms with Crippen molar-refractivity contribution in [2.75, 3.05) is 11.9 Å². The molecular formula is C29H35N3O3. The Labute approximate surface area is 207 Å². The molecular weight excluding hydrogens is 438 g/mol. The van der Waals surface area contributed by atoms with Crippen molar-refractivity contribution in [2.45, 2.75) is 63.6 Å². The van der Waals surface area contributed by atoms with Gasteiger partial charge in [-0.2, -0.15) is 0 Å². The van der Waals surface area contributed by atoms with Crippen LogP contribution in [0.25, 0.3) is 0 Å². The summed E-state index contributed by atoms with van der Waals surface area (Å²) in [6.07, 6.45) is 6.48. The molecule has 2 aromatic rings.